The van der Waals surface area contributed by atoms with E-state index >= 15 is 0 Å². The summed E-state index contributed by atoms with van der Waals surface area (Å²) in [5, 5.41) is 3.04. The summed E-state index contributed by atoms with van der Waals surface area (Å²) in [6, 6.07) is 3.98. The average molecular weight is 247 g/mol. The van der Waals surface area contributed by atoms with E-state index in [0.717, 1.165) is 12.8 Å². The van der Waals surface area contributed by atoms with Gasteiger partial charge in [0.2, 0.25) is 5.91 Å². The third-order valence-electron chi connectivity index (χ3n) is 3.88. The fraction of sp³-hybridized carbons (Fsp3) is 0.571. The Hall–Kier alpha value is -1.42. The van der Waals surface area contributed by atoms with Crippen molar-refractivity contribution in [3.05, 3.63) is 30.1 Å². The van der Waals surface area contributed by atoms with Crippen molar-refractivity contribution in [3.8, 4) is 0 Å². The first-order valence-corrected chi connectivity index (χ1v) is 6.39. The van der Waals surface area contributed by atoms with Crippen molar-refractivity contribution in [3.63, 3.8) is 0 Å². The Morgan fingerprint density at radius 1 is 1.44 bits per heavy atom. The van der Waals surface area contributed by atoms with Crippen molar-refractivity contribution in [2.75, 3.05) is 13.1 Å². The van der Waals surface area contributed by atoms with Crippen molar-refractivity contribution < 1.29 is 4.79 Å². The predicted molar refractivity (Wildman–Crippen MR) is 71.0 cm³/mol. The summed E-state index contributed by atoms with van der Waals surface area (Å²) >= 11 is 0. The normalized spacial score (nSPS) is 17.3. The number of carbonyl (C=O) groups excluding carboxylic acids is 1. The zero-order chi connectivity index (χ0) is 13.2. The maximum absolute atomic E-state index is 12.0. The fourth-order valence-electron chi connectivity index (χ4n) is 2.07. The molecule has 98 valence electrons. The van der Waals surface area contributed by atoms with Crippen molar-refractivity contribution in [2.24, 2.45) is 11.1 Å². The summed E-state index contributed by atoms with van der Waals surface area (Å²) < 4.78 is 0. The number of nitrogens with two attached hydrogens (primary N) is 1. The highest BCUT2D eigenvalue weighted by Gasteiger charge is 2.48. The minimum absolute atomic E-state index is 0.0940. The molecule has 1 aromatic heterocycles. The molecule has 0 unspecified atom stereocenters. The number of amides is 1. The summed E-state index contributed by atoms with van der Waals surface area (Å²) in [6.07, 6.45) is 5.40. The quantitative estimate of drug-likeness (QED) is 0.822. The molecule has 4 heteroatoms. The van der Waals surface area contributed by atoms with Gasteiger partial charge in [0.25, 0.3) is 0 Å². The second-order valence-corrected chi connectivity index (χ2v) is 5.79. The van der Waals surface area contributed by atoms with Crippen LogP contribution in [0.2, 0.25) is 0 Å². The van der Waals surface area contributed by atoms with Gasteiger partial charge in [0.05, 0.1) is 5.41 Å². The van der Waals surface area contributed by atoms with Crippen LogP contribution in [0.1, 0.15) is 32.3 Å². The van der Waals surface area contributed by atoms with Crippen molar-refractivity contribution in [2.45, 2.75) is 32.1 Å². The number of nitrogens with zero attached hydrogens (tertiary/aromatic N) is 1. The number of nitrogens with one attached hydrogen (secondary N) is 1. The van der Waals surface area contributed by atoms with Gasteiger partial charge >= 0.3 is 0 Å². The van der Waals surface area contributed by atoms with E-state index in [-0.39, 0.29) is 16.7 Å². The number of rotatable bonds is 5. The van der Waals surface area contributed by atoms with E-state index in [1.165, 1.54) is 5.56 Å². The van der Waals surface area contributed by atoms with Crippen LogP contribution in [0.4, 0.5) is 0 Å². The van der Waals surface area contributed by atoms with E-state index in [2.05, 4.69) is 24.1 Å². The Morgan fingerprint density at radius 3 is 2.56 bits per heavy atom. The van der Waals surface area contributed by atoms with Crippen molar-refractivity contribution in [1.29, 1.82) is 0 Å². The highest BCUT2D eigenvalue weighted by atomic mass is 16.2. The van der Waals surface area contributed by atoms with Crippen LogP contribution in [-0.2, 0) is 10.2 Å². The molecule has 1 heterocycles. The Kier molecular flexibility index (Phi) is 3.39. The van der Waals surface area contributed by atoms with Gasteiger partial charge in [0.15, 0.2) is 0 Å². The zero-order valence-electron chi connectivity index (χ0n) is 11.1. The van der Waals surface area contributed by atoms with Crippen LogP contribution in [-0.4, -0.2) is 24.0 Å². The standard InChI is InChI=1S/C14H21N3O/c1-13(2,11-3-7-16-8-4-11)10-17-12(18)14(9-15)5-6-14/h3-4,7-8H,5-6,9-10,15H2,1-2H3,(H,17,18). The molecule has 1 aliphatic rings. The second kappa shape index (κ2) is 4.69. The number of hydrogen-bond acceptors (Lipinski definition) is 3. The summed E-state index contributed by atoms with van der Waals surface area (Å²) in [6.45, 7) is 5.31. The molecule has 1 fully saturated rings. The molecular weight excluding hydrogens is 226 g/mol. The predicted octanol–water partition coefficient (Wildman–Crippen LogP) is 1.21. The molecule has 0 bridgehead atoms. The molecule has 0 atom stereocenters. The molecule has 3 N–H and O–H groups in total. The van der Waals surface area contributed by atoms with E-state index in [1.807, 2.05) is 12.1 Å². The van der Waals surface area contributed by atoms with Crippen LogP contribution in [0.25, 0.3) is 0 Å². The molecule has 1 aromatic rings. The molecule has 4 nitrogen and oxygen atoms in total. The van der Waals surface area contributed by atoms with Gasteiger partial charge in [-0.1, -0.05) is 13.8 Å². The summed E-state index contributed by atoms with van der Waals surface area (Å²) in [5.74, 6) is 0.104. The average Bonchev–Trinajstić information content (AvgIpc) is 3.18. The van der Waals surface area contributed by atoms with Crippen LogP contribution in [0, 0.1) is 5.41 Å². The van der Waals surface area contributed by atoms with Crippen LogP contribution in [0.3, 0.4) is 0 Å². The highest BCUT2D eigenvalue weighted by molar-refractivity contribution is 5.85. The molecular formula is C14H21N3O. The van der Waals surface area contributed by atoms with E-state index in [1.54, 1.807) is 12.4 Å². The molecule has 1 aliphatic carbocycles. The molecule has 0 radical (unpaired) electrons. The first-order valence-electron chi connectivity index (χ1n) is 6.39. The molecule has 18 heavy (non-hydrogen) atoms. The lowest BCUT2D eigenvalue weighted by Crippen LogP contribution is -2.42. The second-order valence-electron chi connectivity index (χ2n) is 5.79. The van der Waals surface area contributed by atoms with Gasteiger partial charge in [-0.15, -0.1) is 0 Å². The van der Waals surface area contributed by atoms with Gasteiger partial charge in [-0.05, 0) is 30.5 Å². The van der Waals surface area contributed by atoms with Gasteiger partial charge < -0.3 is 11.1 Å². The van der Waals surface area contributed by atoms with Crippen LogP contribution in [0.5, 0.6) is 0 Å². The van der Waals surface area contributed by atoms with E-state index < -0.39 is 0 Å². The SMILES string of the molecule is CC(C)(CNC(=O)C1(CN)CC1)c1ccncc1. The van der Waals surface area contributed by atoms with Crippen molar-refractivity contribution in [1.82, 2.24) is 10.3 Å². The Bertz CT molecular complexity index is 424. The highest BCUT2D eigenvalue weighted by Crippen LogP contribution is 2.44. The van der Waals surface area contributed by atoms with E-state index in [9.17, 15) is 4.79 Å². The maximum atomic E-state index is 12.0. The van der Waals surface area contributed by atoms with Gasteiger partial charge in [-0.3, -0.25) is 9.78 Å². The van der Waals surface area contributed by atoms with E-state index in [0.29, 0.717) is 13.1 Å². The van der Waals surface area contributed by atoms with Gasteiger partial charge in [-0.2, -0.15) is 0 Å². The lowest BCUT2D eigenvalue weighted by atomic mass is 9.85. The Balaban J connectivity index is 1.95. The minimum Gasteiger partial charge on any atom is -0.355 e. The Morgan fingerprint density at radius 2 is 2.06 bits per heavy atom. The molecule has 0 aliphatic heterocycles. The lowest BCUT2D eigenvalue weighted by molar-refractivity contribution is -0.126. The van der Waals surface area contributed by atoms with Gasteiger partial charge in [-0.25, -0.2) is 0 Å². The number of aromatic nitrogens is 1. The van der Waals surface area contributed by atoms with Crippen LogP contribution < -0.4 is 11.1 Å². The zero-order valence-corrected chi connectivity index (χ0v) is 11.1. The van der Waals surface area contributed by atoms with Gasteiger partial charge in [0.1, 0.15) is 0 Å². The summed E-state index contributed by atoms with van der Waals surface area (Å²) in [5.41, 5.74) is 6.46. The molecule has 0 spiro atoms. The maximum Gasteiger partial charge on any atom is 0.227 e. The first-order chi connectivity index (χ1) is 8.50. The smallest absolute Gasteiger partial charge is 0.227 e. The van der Waals surface area contributed by atoms with E-state index in [4.69, 9.17) is 5.73 Å². The van der Waals surface area contributed by atoms with Gasteiger partial charge in [0, 0.05) is 30.9 Å². The molecule has 1 amide bonds. The number of carbonyl (C=O) groups is 1. The lowest BCUT2D eigenvalue weighted by Gasteiger charge is -2.26. The van der Waals surface area contributed by atoms with Crippen LogP contribution >= 0.6 is 0 Å². The number of hydrogen-bond donors (Lipinski definition) is 2. The third kappa shape index (κ3) is 2.53. The molecule has 0 aromatic carbocycles. The minimum atomic E-state index is -0.270. The fourth-order valence-corrected chi connectivity index (χ4v) is 2.07. The summed E-state index contributed by atoms with van der Waals surface area (Å²) in [4.78, 5) is 16.0. The number of pyridine rings is 1. The van der Waals surface area contributed by atoms with Crippen molar-refractivity contribution >= 4 is 5.91 Å². The monoisotopic (exact) mass is 247 g/mol. The molecule has 0 saturated heterocycles. The third-order valence-corrected chi connectivity index (χ3v) is 3.88. The molecule has 1 saturated carbocycles. The first kappa shape index (κ1) is 13.0. The topological polar surface area (TPSA) is 68.0 Å². The molecule has 2 rings (SSSR count). The summed E-state index contributed by atoms with van der Waals surface area (Å²) in [7, 11) is 0. The largest absolute Gasteiger partial charge is 0.355 e. The van der Waals surface area contributed by atoms with Crippen LogP contribution in [0.15, 0.2) is 24.5 Å². The Labute approximate surface area is 108 Å².